The van der Waals surface area contributed by atoms with Gasteiger partial charge in [-0.15, -0.1) is 0 Å². The van der Waals surface area contributed by atoms with Gasteiger partial charge in [0.05, 0.1) is 11.3 Å². The minimum absolute atomic E-state index is 0.0361. The smallest absolute Gasteiger partial charge is 0.271 e. The van der Waals surface area contributed by atoms with Crippen molar-refractivity contribution in [3.63, 3.8) is 0 Å². The maximum atomic E-state index is 11.2. The highest BCUT2D eigenvalue weighted by molar-refractivity contribution is 5.86. The molecule has 9 nitrogen and oxygen atoms in total. The average molecular weight is 422 g/mol. The first-order chi connectivity index (χ1) is 15.1. The minimum Gasteiger partial charge on any atom is -0.340 e. The van der Waals surface area contributed by atoms with Crippen molar-refractivity contribution < 1.29 is 4.92 Å². The number of anilines is 3. The van der Waals surface area contributed by atoms with Crippen LogP contribution in [0.25, 0.3) is 11.2 Å². The molecule has 2 aliphatic rings. The maximum Gasteiger partial charge on any atom is 0.271 e. The van der Waals surface area contributed by atoms with Crippen molar-refractivity contribution >= 4 is 34.3 Å². The van der Waals surface area contributed by atoms with Crippen molar-refractivity contribution in [1.29, 1.82) is 0 Å². The van der Waals surface area contributed by atoms with Gasteiger partial charge in [0.2, 0.25) is 5.95 Å². The number of hydrogen-bond acceptors (Lipinski definition) is 7. The Bertz CT molecular complexity index is 1110. The third kappa shape index (κ3) is 3.80. The lowest BCUT2D eigenvalue weighted by Gasteiger charge is -2.41. The molecule has 2 fully saturated rings. The zero-order valence-corrected chi connectivity index (χ0v) is 17.7. The van der Waals surface area contributed by atoms with Crippen molar-refractivity contribution in [2.75, 3.05) is 23.3 Å². The number of benzene rings is 1. The SMILES string of the molecule is CCn1cnc2c(Nc3cccc([N+](=O)[O-])c3)nc(N3CC[C@H]4CCCC[C@@H]4C3)nc21. The summed E-state index contributed by atoms with van der Waals surface area (Å²) in [7, 11) is 0. The van der Waals surface area contributed by atoms with Crippen LogP contribution in [0.15, 0.2) is 30.6 Å². The Hall–Kier alpha value is -3.23. The van der Waals surface area contributed by atoms with Gasteiger partial charge in [0.25, 0.3) is 5.69 Å². The molecule has 0 bridgehead atoms. The Morgan fingerprint density at radius 2 is 2.03 bits per heavy atom. The van der Waals surface area contributed by atoms with Gasteiger partial charge in [0.1, 0.15) is 0 Å². The van der Waals surface area contributed by atoms with E-state index in [2.05, 4.69) is 22.1 Å². The van der Waals surface area contributed by atoms with Crippen LogP contribution in [-0.4, -0.2) is 37.5 Å². The molecular formula is C22H27N7O2. The largest absolute Gasteiger partial charge is 0.340 e. The van der Waals surface area contributed by atoms with Crippen LogP contribution in [0.3, 0.4) is 0 Å². The molecule has 0 amide bonds. The van der Waals surface area contributed by atoms with Crippen LogP contribution in [0, 0.1) is 22.0 Å². The summed E-state index contributed by atoms with van der Waals surface area (Å²) in [5.74, 6) is 2.83. The highest BCUT2D eigenvalue weighted by Crippen LogP contribution is 2.37. The number of nitro groups is 1. The van der Waals surface area contributed by atoms with E-state index in [9.17, 15) is 10.1 Å². The fourth-order valence-electron chi connectivity index (χ4n) is 5.01. The van der Waals surface area contributed by atoms with Gasteiger partial charge >= 0.3 is 0 Å². The van der Waals surface area contributed by atoms with E-state index in [0.717, 1.165) is 31.2 Å². The predicted molar refractivity (Wildman–Crippen MR) is 120 cm³/mol. The first kappa shape index (κ1) is 19.7. The molecule has 1 aliphatic carbocycles. The molecule has 1 aliphatic heterocycles. The van der Waals surface area contributed by atoms with E-state index in [1.54, 1.807) is 18.5 Å². The molecule has 162 valence electrons. The second-order valence-electron chi connectivity index (χ2n) is 8.55. The maximum absolute atomic E-state index is 11.2. The Balaban J connectivity index is 1.51. The summed E-state index contributed by atoms with van der Waals surface area (Å²) in [5, 5.41) is 14.4. The van der Waals surface area contributed by atoms with Crippen LogP contribution in [0.1, 0.15) is 39.0 Å². The highest BCUT2D eigenvalue weighted by Gasteiger charge is 2.32. The molecule has 1 saturated heterocycles. The number of fused-ring (bicyclic) bond motifs is 2. The lowest BCUT2D eigenvalue weighted by Crippen LogP contribution is -2.42. The predicted octanol–water partition coefficient (Wildman–Crippen LogP) is 4.51. The number of hydrogen-bond donors (Lipinski definition) is 1. The lowest BCUT2D eigenvalue weighted by molar-refractivity contribution is -0.384. The summed E-state index contributed by atoms with van der Waals surface area (Å²) >= 11 is 0. The Labute approximate surface area is 180 Å². The number of nitro benzene ring substituents is 1. The second-order valence-corrected chi connectivity index (χ2v) is 8.55. The van der Waals surface area contributed by atoms with Crippen molar-refractivity contribution in [2.24, 2.45) is 11.8 Å². The molecular weight excluding hydrogens is 394 g/mol. The summed E-state index contributed by atoms with van der Waals surface area (Å²) in [5.41, 5.74) is 2.10. The van der Waals surface area contributed by atoms with Gasteiger partial charge in [-0.3, -0.25) is 10.1 Å². The molecule has 9 heteroatoms. The second kappa shape index (κ2) is 8.13. The van der Waals surface area contributed by atoms with Crippen molar-refractivity contribution in [3.8, 4) is 0 Å². The van der Waals surface area contributed by atoms with Crippen molar-refractivity contribution in [2.45, 2.75) is 45.6 Å². The fourth-order valence-corrected chi connectivity index (χ4v) is 5.01. The van der Waals surface area contributed by atoms with Crippen LogP contribution in [0.2, 0.25) is 0 Å². The van der Waals surface area contributed by atoms with E-state index < -0.39 is 4.92 Å². The molecule has 2 atom stereocenters. The Morgan fingerprint density at radius 1 is 1.19 bits per heavy atom. The number of piperidine rings is 1. The molecule has 0 spiro atoms. The van der Waals surface area contributed by atoms with Gasteiger partial charge in [-0.25, -0.2) is 4.98 Å². The van der Waals surface area contributed by atoms with Crippen molar-refractivity contribution in [3.05, 3.63) is 40.7 Å². The zero-order valence-electron chi connectivity index (χ0n) is 17.7. The normalized spacial score (nSPS) is 21.1. The molecule has 0 unspecified atom stereocenters. The first-order valence-corrected chi connectivity index (χ1v) is 11.1. The molecule has 0 radical (unpaired) electrons. The van der Waals surface area contributed by atoms with Crippen molar-refractivity contribution in [1.82, 2.24) is 19.5 Å². The van der Waals surface area contributed by atoms with E-state index in [1.165, 1.54) is 44.2 Å². The van der Waals surface area contributed by atoms with Crippen LogP contribution >= 0.6 is 0 Å². The summed E-state index contributed by atoms with van der Waals surface area (Å²) in [6.07, 6.45) is 8.27. The molecule has 3 aromatic rings. The van der Waals surface area contributed by atoms with E-state index in [0.29, 0.717) is 28.9 Å². The standard InChI is InChI=1S/C22H27N7O2/c1-2-27-14-23-19-20(24-17-8-5-9-18(12-17)29(30)31)25-22(26-21(19)27)28-11-10-15-6-3-4-7-16(15)13-28/h5,8-9,12,14-16H,2-4,6-7,10-11,13H2,1H3,(H,24,25,26)/t15-,16-/m1/s1. The summed E-state index contributed by atoms with van der Waals surface area (Å²) in [6.45, 7) is 4.77. The quantitative estimate of drug-likeness (QED) is 0.477. The number of non-ortho nitro benzene ring substituents is 1. The highest BCUT2D eigenvalue weighted by atomic mass is 16.6. The number of aromatic nitrogens is 4. The molecule has 31 heavy (non-hydrogen) atoms. The van der Waals surface area contributed by atoms with Crippen LogP contribution in [0.4, 0.5) is 23.1 Å². The third-order valence-electron chi connectivity index (χ3n) is 6.69. The van der Waals surface area contributed by atoms with E-state index in [1.807, 2.05) is 4.57 Å². The summed E-state index contributed by atoms with van der Waals surface area (Å²) < 4.78 is 2.01. The topological polar surface area (TPSA) is 102 Å². The molecule has 2 aromatic heterocycles. The van der Waals surface area contributed by atoms with Gasteiger partial charge in [0, 0.05) is 37.5 Å². The molecule has 3 heterocycles. The van der Waals surface area contributed by atoms with E-state index in [-0.39, 0.29) is 5.69 Å². The monoisotopic (exact) mass is 421 g/mol. The number of nitrogens with zero attached hydrogens (tertiary/aromatic N) is 6. The first-order valence-electron chi connectivity index (χ1n) is 11.1. The number of nitrogens with one attached hydrogen (secondary N) is 1. The number of aryl methyl sites for hydroxylation is 1. The van der Waals surface area contributed by atoms with E-state index in [4.69, 9.17) is 9.97 Å². The lowest BCUT2D eigenvalue weighted by atomic mass is 9.75. The van der Waals surface area contributed by atoms with Gasteiger partial charge in [0.15, 0.2) is 17.0 Å². The molecule has 1 saturated carbocycles. The van der Waals surface area contributed by atoms with Crippen LogP contribution < -0.4 is 10.2 Å². The van der Waals surface area contributed by atoms with Crippen LogP contribution in [0.5, 0.6) is 0 Å². The Kier molecular flexibility index (Phi) is 5.17. The number of rotatable bonds is 5. The zero-order chi connectivity index (χ0) is 21.4. The fraction of sp³-hybridized carbons (Fsp3) is 0.500. The van der Waals surface area contributed by atoms with Gasteiger partial charge < -0.3 is 14.8 Å². The van der Waals surface area contributed by atoms with Gasteiger partial charge in [-0.2, -0.15) is 9.97 Å². The average Bonchev–Trinajstić information content (AvgIpc) is 3.22. The van der Waals surface area contributed by atoms with E-state index >= 15 is 0 Å². The molecule has 1 N–H and O–H groups in total. The van der Waals surface area contributed by atoms with Gasteiger partial charge in [-0.05, 0) is 37.7 Å². The third-order valence-corrected chi connectivity index (χ3v) is 6.69. The minimum atomic E-state index is -0.397. The Morgan fingerprint density at radius 3 is 2.84 bits per heavy atom. The van der Waals surface area contributed by atoms with Crippen LogP contribution in [-0.2, 0) is 6.54 Å². The number of imidazole rings is 1. The molecule has 5 rings (SSSR count). The molecule has 1 aromatic carbocycles. The summed E-state index contributed by atoms with van der Waals surface area (Å²) in [4.78, 5) is 27.3. The van der Waals surface area contributed by atoms with Gasteiger partial charge in [-0.1, -0.05) is 25.3 Å². The summed E-state index contributed by atoms with van der Waals surface area (Å²) in [6, 6.07) is 6.45.